The Hall–Kier alpha value is -3.02. The second kappa shape index (κ2) is 9.07. The molecule has 0 aliphatic rings. The van der Waals surface area contributed by atoms with Gasteiger partial charge in [0, 0.05) is 24.4 Å². The van der Waals surface area contributed by atoms with Gasteiger partial charge in [-0.3, -0.25) is 9.59 Å². The number of ether oxygens (including phenoxy) is 1. The minimum absolute atomic E-state index is 0.131. The van der Waals surface area contributed by atoms with Gasteiger partial charge in [0.25, 0.3) is 0 Å². The Bertz CT molecular complexity index is 818. The topological polar surface area (TPSA) is 79.5 Å². The molecular formula is C21H27N3O3. The van der Waals surface area contributed by atoms with Crippen LogP contribution in [0.4, 0.5) is 17.1 Å². The van der Waals surface area contributed by atoms with E-state index in [1.165, 1.54) is 14.0 Å². The first-order valence-electron chi connectivity index (χ1n) is 8.93. The summed E-state index contributed by atoms with van der Waals surface area (Å²) in [6.07, 6.45) is 0. The molecule has 0 bridgehead atoms. The van der Waals surface area contributed by atoms with E-state index in [9.17, 15) is 9.59 Å². The molecule has 6 heteroatoms. The standard InChI is InChI=1S/C21H27N3O3/c1-13(2)17-8-6-7-9-18(17)24-21(26)14(3)22-16-10-11-19(23-15(4)25)20(12-16)27-5/h6-14,22H,1-5H3,(H,23,25)(H,24,26)/t14-/m0/s1. The average molecular weight is 369 g/mol. The Balaban J connectivity index is 2.09. The van der Waals surface area contributed by atoms with Gasteiger partial charge in [0.1, 0.15) is 11.8 Å². The Morgan fingerprint density at radius 1 is 0.963 bits per heavy atom. The molecule has 6 nitrogen and oxygen atoms in total. The third-order valence-electron chi connectivity index (χ3n) is 4.13. The number of hydrogen-bond donors (Lipinski definition) is 3. The molecule has 0 aliphatic carbocycles. The summed E-state index contributed by atoms with van der Waals surface area (Å²) in [7, 11) is 1.53. The molecule has 0 heterocycles. The van der Waals surface area contributed by atoms with Gasteiger partial charge in [-0.25, -0.2) is 0 Å². The van der Waals surface area contributed by atoms with Crippen molar-refractivity contribution in [2.75, 3.05) is 23.1 Å². The number of rotatable bonds is 7. The van der Waals surface area contributed by atoms with Gasteiger partial charge in [-0.05, 0) is 36.6 Å². The number of benzene rings is 2. The van der Waals surface area contributed by atoms with E-state index in [0.29, 0.717) is 17.4 Å². The molecule has 0 aromatic heterocycles. The molecule has 0 saturated carbocycles. The van der Waals surface area contributed by atoms with Crippen LogP contribution in [0, 0.1) is 0 Å². The maximum absolute atomic E-state index is 12.6. The van der Waals surface area contributed by atoms with Crippen LogP contribution in [0.2, 0.25) is 0 Å². The molecule has 2 rings (SSSR count). The quantitative estimate of drug-likeness (QED) is 0.683. The van der Waals surface area contributed by atoms with Crippen molar-refractivity contribution in [3.8, 4) is 5.75 Å². The van der Waals surface area contributed by atoms with E-state index >= 15 is 0 Å². The lowest BCUT2D eigenvalue weighted by Gasteiger charge is -2.19. The molecule has 0 fully saturated rings. The van der Waals surface area contributed by atoms with E-state index in [4.69, 9.17) is 4.74 Å². The van der Waals surface area contributed by atoms with Crippen molar-refractivity contribution in [3.05, 3.63) is 48.0 Å². The largest absolute Gasteiger partial charge is 0.494 e. The predicted molar refractivity (Wildman–Crippen MR) is 110 cm³/mol. The molecule has 1 atom stereocenters. The van der Waals surface area contributed by atoms with E-state index in [0.717, 1.165) is 16.9 Å². The number of nitrogens with one attached hydrogen (secondary N) is 3. The SMILES string of the molecule is COc1cc(N[C@@H](C)C(=O)Nc2ccccc2C(C)C)ccc1NC(C)=O. The fourth-order valence-electron chi connectivity index (χ4n) is 2.74. The lowest BCUT2D eigenvalue weighted by molar-refractivity contribution is -0.116. The number of carbonyl (C=O) groups is 2. The van der Waals surface area contributed by atoms with Crippen molar-refractivity contribution in [2.45, 2.75) is 39.7 Å². The van der Waals surface area contributed by atoms with Crippen LogP contribution in [0.3, 0.4) is 0 Å². The summed E-state index contributed by atoms with van der Waals surface area (Å²) in [6.45, 7) is 7.42. The van der Waals surface area contributed by atoms with Crippen molar-refractivity contribution < 1.29 is 14.3 Å². The summed E-state index contributed by atoms with van der Waals surface area (Å²) in [5, 5.41) is 8.86. The molecule has 2 amide bonds. The van der Waals surface area contributed by atoms with Crippen LogP contribution in [0.1, 0.15) is 39.2 Å². The highest BCUT2D eigenvalue weighted by Gasteiger charge is 2.16. The van der Waals surface area contributed by atoms with Crippen LogP contribution >= 0.6 is 0 Å². The zero-order valence-electron chi connectivity index (χ0n) is 16.4. The first kappa shape index (κ1) is 20.3. The molecule has 0 radical (unpaired) electrons. The van der Waals surface area contributed by atoms with Crippen LogP contribution in [0.25, 0.3) is 0 Å². The van der Waals surface area contributed by atoms with E-state index in [-0.39, 0.29) is 11.8 Å². The second-order valence-corrected chi connectivity index (χ2v) is 6.69. The van der Waals surface area contributed by atoms with Gasteiger partial charge in [-0.15, -0.1) is 0 Å². The fraction of sp³-hybridized carbons (Fsp3) is 0.333. The van der Waals surface area contributed by atoms with Crippen molar-refractivity contribution in [1.29, 1.82) is 0 Å². The predicted octanol–water partition coefficient (Wildman–Crippen LogP) is 4.22. The molecular weight excluding hydrogens is 342 g/mol. The highest BCUT2D eigenvalue weighted by Crippen LogP contribution is 2.28. The third-order valence-corrected chi connectivity index (χ3v) is 4.13. The van der Waals surface area contributed by atoms with Crippen LogP contribution < -0.4 is 20.7 Å². The maximum atomic E-state index is 12.6. The van der Waals surface area contributed by atoms with Gasteiger partial charge in [0.05, 0.1) is 12.8 Å². The van der Waals surface area contributed by atoms with E-state index in [2.05, 4.69) is 29.8 Å². The molecule has 2 aromatic rings. The highest BCUT2D eigenvalue weighted by atomic mass is 16.5. The van der Waals surface area contributed by atoms with E-state index in [1.807, 2.05) is 24.3 Å². The van der Waals surface area contributed by atoms with Crippen molar-refractivity contribution >= 4 is 28.9 Å². The first-order valence-corrected chi connectivity index (χ1v) is 8.93. The number of amides is 2. The first-order chi connectivity index (χ1) is 12.8. The lowest BCUT2D eigenvalue weighted by atomic mass is 10.0. The number of carbonyl (C=O) groups excluding carboxylic acids is 2. The summed E-state index contributed by atoms with van der Waals surface area (Å²) >= 11 is 0. The van der Waals surface area contributed by atoms with Crippen molar-refractivity contribution in [3.63, 3.8) is 0 Å². The van der Waals surface area contributed by atoms with Gasteiger partial charge >= 0.3 is 0 Å². The van der Waals surface area contributed by atoms with Gasteiger partial charge < -0.3 is 20.7 Å². The maximum Gasteiger partial charge on any atom is 0.246 e. The molecule has 0 spiro atoms. The summed E-state index contributed by atoms with van der Waals surface area (Å²) < 4.78 is 5.31. The minimum atomic E-state index is -0.457. The normalized spacial score (nSPS) is 11.6. The lowest BCUT2D eigenvalue weighted by Crippen LogP contribution is -2.32. The molecule has 0 unspecified atom stereocenters. The van der Waals surface area contributed by atoms with Gasteiger partial charge in [0.15, 0.2) is 0 Å². The summed E-state index contributed by atoms with van der Waals surface area (Å²) in [5.74, 6) is 0.530. The van der Waals surface area contributed by atoms with E-state index < -0.39 is 6.04 Å². The summed E-state index contributed by atoms with van der Waals surface area (Å²) in [6, 6.07) is 12.6. The number of methoxy groups -OCH3 is 1. The molecule has 27 heavy (non-hydrogen) atoms. The van der Waals surface area contributed by atoms with Crippen LogP contribution in [-0.4, -0.2) is 25.0 Å². The number of anilines is 3. The Morgan fingerprint density at radius 2 is 1.67 bits per heavy atom. The van der Waals surface area contributed by atoms with Gasteiger partial charge in [0.2, 0.25) is 11.8 Å². The summed E-state index contributed by atoms with van der Waals surface area (Å²) in [5.41, 5.74) is 3.23. The van der Waals surface area contributed by atoms with Gasteiger partial charge in [-0.2, -0.15) is 0 Å². The van der Waals surface area contributed by atoms with E-state index in [1.54, 1.807) is 25.1 Å². The van der Waals surface area contributed by atoms with Gasteiger partial charge in [-0.1, -0.05) is 32.0 Å². The van der Waals surface area contributed by atoms with Crippen LogP contribution in [0.15, 0.2) is 42.5 Å². The summed E-state index contributed by atoms with van der Waals surface area (Å²) in [4.78, 5) is 23.8. The van der Waals surface area contributed by atoms with Crippen LogP contribution in [-0.2, 0) is 9.59 Å². The number of para-hydroxylation sites is 1. The Labute approximate surface area is 160 Å². The zero-order valence-corrected chi connectivity index (χ0v) is 16.4. The number of hydrogen-bond acceptors (Lipinski definition) is 4. The fourth-order valence-corrected chi connectivity index (χ4v) is 2.74. The third kappa shape index (κ3) is 5.48. The molecule has 2 aromatic carbocycles. The zero-order chi connectivity index (χ0) is 20.0. The highest BCUT2D eigenvalue weighted by molar-refractivity contribution is 5.97. The molecule has 0 aliphatic heterocycles. The second-order valence-electron chi connectivity index (χ2n) is 6.69. The molecule has 3 N–H and O–H groups in total. The smallest absolute Gasteiger partial charge is 0.246 e. The Morgan fingerprint density at radius 3 is 2.30 bits per heavy atom. The molecule has 144 valence electrons. The minimum Gasteiger partial charge on any atom is -0.494 e. The monoisotopic (exact) mass is 369 g/mol. The van der Waals surface area contributed by atoms with Crippen LogP contribution in [0.5, 0.6) is 5.75 Å². The molecule has 0 saturated heterocycles. The van der Waals surface area contributed by atoms with Crippen molar-refractivity contribution in [2.24, 2.45) is 0 Å². The average Bonchev–Trinajstić information content (AvgIpc) is 2.62. The van der Waals surface area contributed by atoms with Crippen molar-refractivity contribution in [1.82, 2.24) is 0 Å². The Kier molecular flexibility index (Phi) is 6.82.